The lowest BCUT2D eigenvalue weighted by atomic mass is 9.83. The highest BCUT2D eigenvalue weighted by molar-refractivity contribution is 6.42. The molecule has 1 heterocycles. The van der Waals surface area contributed by atoms with Gasteiger partial charge in [0.2, 0.25) is 5.91 Å². The van der Waals surface area contributed by atoms with Crippen LogP contribution < -0.4 is 5.32 Å². The number of carbonyl (C=O) groups is 1. The predicted molar refractivity (Wildman–Crippen MR) is 90.0 cm³/mol. The van der Waals surface area contributed by atoms with Crippen LogP contribution in [-0.2, 0) is 17.6 Å². The second kappa shape index (κ2) is 5.29. The Morgan fingerprint density at radius 3 is 2.55 bits per heavy atom. The molecule has 0 radical (unpaired) electrons. The van der Waals surface area contributed by atoms with Gasteiger partial charge in [-0.1, -0.05) is 35.3 Å². The van der Waals surface area contributed by atoms with Gasteiger partial charge in [0.15, 0.2) is 0 Å². The average molecular weight is 332 g/mol. The summed E-state index contributed by atoms with van der Waals surface area (Å²) in [6.45, 7) is 0. The van der Waals surface area contributed by atoms with E-state index in [1.165, 1.54) is 23.1 Å². The van der Waals surface area contributed by atoms with E-state index in [-0.39, 0.29) is 11.8 Å². The average Bonchev–Trinajstić information content (AvgIpc) is 2.94. The third-order valence-corrected chi connectivity index (χ3v) is 5.39. The number of aryl methyl sites for hydroxylation is 2. The standard InChI is InChI=1S/C18H15Cl2NO/c19-15-5-4-12(7-16(15)20)13-9-18(22)21-17-8-11-3-1-2-10(11)6-14(13)17/h4-8,13H,1-3,9H2,(H,21,22)/t13-/m0/s1. The summed E-state index contributed by atoms with van der Waals surface area (Å²) in [6.07, 6.45) is 3.88. The highest BCUT2D eigenvalue weighted by atomic mass is 35.5. The van der Waals surface area contributed by atoms with Crippen LogP contribution in [-0.4, -0.2) is 5.91 Å². The number of nitrogens with one attached hydrogen (secondary N) is 1. The van der Waals surface area contributed by atoms with E-state index < -0.39 is 0 Å². The van der Waals surface area contributed by atoms with Gasteiger partial charge in [-0.3, -0.25) is 4.79 Å². The van der Waals surface area contributed by atoms with Gasteiger partial charge in [0.05, 0.1) is 10.0 Å². The topological polar surface area (TPSA) is 29.1 Å². The maximum atomic E-state index is 12.1. The lowest BCUT2D eigenvalue weighted by Crippen LogP contribution is -2.23. The molecule has 0 unspecified atom stereocenters. The number of fused-ring (bicyclic) bond motifs is 2. The van der Waals surface area contributed by atoms with Gasteiger partial charge in [0.25, 0.3) is 0 Å². The van der Waals surface area contributed by atoms with Crippen molar-refractivity contribution >= 4 is 34.8 Å². The first-order valence-electron chi connectivity index (χ1n) is 7.52. The summed E-state index contributed by atoms with van der Waals surface area (Å²) in [5.41, 5.74) is 5.98. The maximum absolute atomic E-state index is 12.1. The number of carbonyl (C=O) groups excluding carboxylic acids is 1. The summed E-state index contributed by atoms with van der Waals surface area (Å²) in [4.78, 5) is 12.1. The molecule has 4 rings (SSSR count). The molecule has 2 aliphatic rings. The Morgan fingerprint density at radius 2 is 1.77 bits per heavy atom. The van der Waals surface area contributed by atoms with Crippen molar-refractivity contribution < 1.29 is 4.79 Å². The van der Waals surface area contributed by atoms with Crippen molar-refractivity contribution in [3.05, 3.63) is 62.6 Å². The van der Waals surface area contributed by atoms with Crippen molar-refractivity contribution in [1.82, 2.24) is 0 Å². The number of hydrogen-bond donors (Lipinski definition) is 1. The highest BCUT2D eigenvalue weighted by Crippen LogP contribution is 2.41. The smallest absolute Gasteiger partial charge is 0.225 e. The Balaban J connectivity index is 1.84. The fraction of sp³-hybridized carbons (Fsp3) is 0.278. The largest absolute Gasteiger partial charge is 0.326 e. The third kappa shape index (κ3) is 2.31. The predicted octanol–water partition coefficient (Wildman–Crippen LogP) is 4.96. The van der Waals surface area contributed by atoms with Gasteiger partial charge in [-0.05, 0) is 59.7 Å². The molecule has 2 nitrogen and oxygen atoms in total. The summed E-state index contributed by atoms with van der Waals surface area (Å²) < 4.78 is 0. The van der Waals surface area contributed by atoms with Crippen LogP contribution in [0.25, 0.3) is 0 Å². The molecule has 0 fully saturated rings. The first kappa shape index (κ1) is 14.1. The molecule has 112 valence electrons. The van der Waals surface area contributed by atoms with Crippen molar-refractivity contribution in [1.29, 1.82) is 0 Å². The monoisotopic (exact) mass is 331 g/mol. The lowest BCUT2D eigenvalue weighted by molar-refractivity contribution is -0.116. The summed E-state index contributed by atoms with van der Waals surface area (Å²) >= 11 is 12.2. The summed E-state index contributed by atoms with van der Waals surface area (Å²) in [5.74, 6) is 0.103. The Bertz CT molecular complexity index is 785. The lowest BCUT2D eigenvalue weighted by Gasteiger charge is -2.27. The van der Waals surface area contributed by atoms with E-state index in [4.69, 9.17) is 23.2 Å². The third-order valence-electron chi connectivity index (χ3n) is 4.65. The van der Waals surface area contributed by atoms with E-state index in [9.17, 15) is 4.79 Å². The first-order valence-corrected chi connectivity index (χ1v) is 8.28. The molecule has 1 aliphatic carbocycles. The van der Waals surface area contributed by atoms with Crippen LogP contribution in [0.15, 0.2) is 30.3 Å². The number of halogens is 2. The minimum absolute atomic E-state index is 0.0458. The van der Waals surface area contributed by atoms with E-state index in [1.807, 2.05) is 12.1 Å². The molecule has 2 aromatic carbocycles. The van der Waals surface area contributed by atoms with Crippen molar-refractivity contribution in [3.63, 3.8) is 0 Å². The van der Waals surface area contributed by atoms with Crippen molar-refractivity contribution in [3.8, 4) is 0 Å². The van der Waals surface area contributed by atoms with Crippen LogP contribution in [0.3, 0.4) is 0 Å². The van der Waals surface area contributed by atoms with Crippen LogP contribution >= 0.6 is 23.2 Å². The van der Waals surface area contributed by atoms with E-state index in [0.717, 1.165) is 24.1 Å². The normalized spacial score (nSPS) is 19.5. The summed E-state index contributed by atoms with van der Waals surface area (Å²) in [5, 5.41) is 4.09. The molecule has 0 saturated heterocycles. The molecule has 22 heavy (non-hydrogen) atoms. The zero-order valence-corrected chi connectivity index (χ0v) is 13.5. The van der Waals surface area contributed by atoms with Crippen molar-refractivity contribution in [2.45, 2.75) is 31.6 Å². The minimum Gasteiger partial charge on any atom is -0.326 e. The van der Waals surface area contributed by atoms with E-state index in [0.29, 0.717) is 16.5 Å². The molecule has 1 aliphatic heterocycles. The number of rotatable bonds is 1. The van der Waals surface area contributed by atoms with Gasteiger partial charge < -0.3 is 5.32 Å². The molecule has 1 N–H and O–H groups in total. The zero-order valence-electron chi connectivity index (χ0n) is 12.0. The molecule has 2 aromatic rings. The Hall–Kier alpha value is -1.51. The Labute approximate surface area is 139 Å². The van der Waals surface area contributed by atoms with Crippen molar-refractivity contribution in [2.24, 2.45) is 0 Å². The van der Waals surface area contributed by atoms with Gasteiger partial charge >= 0.3 is 0 Å². The molecule has 0 saturated carbocycles. The van der Waals surface area contributed by atoms with Crippen LogP contribution in [0.4, 0.5) is 5.69 Å². The number of hydrogen-bond acceptors (Lipinski definition) is 1. The zero-order chi connectivity index (χ0) is 15.3. The number of benzene rings is 2. The maximum Gasteiger partial charge on any atom is 0.225 e. The van der Waals surface area contributed by atoms with Crippen LogP contribution in [0.2, 0.25) is 10.0 Å². The fourth-order valence-electron chi connectivity index (χ4n) is 3.56. The summed E-state index contributed by atoms with van der Waals surface area (Å²) in [6, 6.07) is 10.1. The number of anilines is 1. The van der Waals surface area contributed by atoms with Crippen molar-refractivity contribution in [2.75, 3.05) is 5.32 Å². The van der Waals surface area contributed by atoms with Crippen LogP contribution in [0, 0.1) is 0 Å². The fourth-order valence-corrected chi connectivity index (χ4v) is 3.87. The Morgan fingerprint density at radius 1 is 1.00 bits per heavy atom. The molecule has 1 amide bonds. The van der Waals surface area contributed by atoms with E-state index in [2.05, 4.69) is 17.4 Å². The van der Waals surface area contributed by atoms with E-state index >= 15 is 0 Å². The van der Waals surface area contributed by atoms with Crippen LogP contribution in [0.1, 0.15) is 41.0 Å². The number of amides is 1. The second-order valence-electron chi connectivity index (χ2n) is 6.04. The quantitative estimate of drug-likeness (QED) is 0.786. The molecule has 1 atom stereocenters. The summed E-state index contributed by atoms with van der Waals surface area (Å²) in [7, 11) is 0. The first-order chi connectivity index (χ1) is 10.6. The molecule has 0 aromatic heterocycles. The Kier molecular flexibility index (Phi) is 3.39. The molecular formula is C18H15Cl2NO. The molecule has 4 heteroatoms. The molecular weight excluding hydrogens is 317 g/mol. The SMILES string of the molecule is O=C1C[C@@H](c2ccc(Cl)c(Cl)c2)c2cc3c(cc2N1)CCC3. The second-order valence-corrected chi connectivity index (χ2v) is 6.85. The van der Waals surface area contributed by atoms with Gasteiger partial charge in [-0.2, -0.15) is 0 Å². The molecule has 0 spiro atoms. The highest BCUT2D eigenvalue weighted by Gasteiger charge is 2.28. The van der Waals surface area contributed by atoms with Gasteiger partial charge in [0, 0.05) is 18.0 Å². The van der Waals surface area contributed by atoms with Gasteiger partial charge in [-0.15, -0.1) is 0 Å². The minimum atomic E-state index is 0.0458. The molecule has 0 bridgehead atoms. The van der Waals surface area contributed by atoms with Crippen LogP contribution in [0.5, 0.6) is 0 Å². The van der Waals surface area contributed by atoms with E-state index in [1.54, 1.807) is 6.07 Å². The van der Waals surface area contributed by atoms with Gasteiger partial charge in [-0.25, -0.2) is 0 Å². The van der Waals surface area contributed by atoms with Gasteiger partial charge in [0.1, 0.15) is 0 Å².